The number of amides is 1. The molecule has 32 heavy (non-hydrogen) atoms. The van der Waals surface area contributed by atoms with Crippen molar-refractivity contribution >= 4 is 11.6 Å². The molecule has 0 spiro atoms. The van der Waals surface area contributed by atoms with E-state index in [0.717, 1.165) is 11.3 Å². The van der Waals surface area contributed by atoms with Crippen LogP contribution in [0.1, 0.15) is 22.8 Å². The van der Waals surface area contributed by atoms with Crippen LogP contribution >= 0.6 is 0 Å². The molecule has 0 N–H and O–H groups in total. The van der Waals surface area contributed by atoms with E-state index in [4.69, 9.17) is 9.47 Å². The lowest BCUT2D eigenvalue weighted by Gasteiger charge is -2.36. The van der Waals surface area contributed by atoms with Crippen molar-refractivity contribution in [3.05, 3.63) is 83.9 Å². The van der Waals surface area contributed by atoms with Crippen molar-refractivity contribution in [1.82, 2.24) is 9.88 Å². The van der Waals surface area contributed by atoms with Gasteiger partial charge in [0.25, 0.3) is 5.91 Å². The van der Waals surface area contributed by atoms with Crippen molar-refractivity contribution in [3.63, 3.8) is 0 Å². The van der Waals surface area contributed by atoms with Crippen LogP contribution in [-0.2, 0) is 6.61 Å². The average Bonchev–Trinajstić information content (AvgIpc) is 2.84. The van der Waals surface area contributed by atoms with E-state index in [0.29, 0.717) is 56.5 Å². The minimum Gasteiger partial charge on any atom is -0.490 e. The van der Waals surface area contributed by atoms with Gasteiger partial charge in [-0.05, 0) is 55.5 Å². The van der Waals surface area contributed by atoms with E-state index >= 15 is 0 Å². The van der Waals surface area contributed by atoms with Crippen molar-refractivity contribution in [2.75, 3.05) is 37.7 Å². The number of ether oxygens (including phenoxy) is 2. The highest BCUT2D eigenvalue weighted by atomic mass is 19.1. The van der Waals surface area contributed by atoms with E-state index in [1.807, 2.05) is 24.0 Å². The molecule has 0 unspecified atom stereocenters. The van der Waals surface area contributed by atoms with Crippen LogP contribution < -0.4 is 14.4 Å². The molecule has 1 amide bonds. The summed E-state index contributed by atoms with van der Waals surface area (Å²) in [6.45, 7) is 5.32. The number of pyridine rings is 1. The number of carbonyl (C=O) groups excluding carboxylic acids is 1. The first-order valence-corrected chi connectivity index (χ1v) is 10.7. The number of hydrogen-bond acceptors (Lipinski definition) is 5. The van der Waals surface area contributed by atoms with Crippen LogP contribution in [-0.4, -0.2) is 48.6 Å². The molecule has 2 aromatic carbocycles. The second kappa shape index (κ2) is 10.1. The van der Waals surface area contributed by atoms with Gasteiger partial charge in [-0.3, -0.25) is 9.78 Å². The highest BCUT2D eigenvalue weighted by Gasteiger charge is 2.23. The molecule has 0 atom stereocenters. The fourth-order valence-corrected chi connectivity index (χ4v) is 3.68. The van der Waals surface area contributed by atoms with Gasteiger partial charge in [0.05, 0.1) is 6.61 Å². The maximum absolute atomic E-state index is 13.2. The molecule has 1 aliphatic heterocycles. The zero-order valence-electron chi connectivity index (χ0n) is 18.0. The molecule has 4 rings (SSSR count). The summed E-state index contributed by atoms with van der Waals surface area (Å²) in [5.41, 5.74) is 2.48. The molecular weight excluding hydrogens is 409 g/mol. The lowest BCUT2D eigenvalue weighted by atomic mass is 10.1. The lowest BCUT2D eigenvalue weighted by Crippen LogP contribution is -2.48. The molecule has 0 aliphatic carbocycles. The Balaban J connectivity index is 1.40. The van der Waals surface area contributed by atoms with Crippen molar-refractivity contribution in [2.45, 2.75) is 13.5 Å². The maximum Gasteiger partial charge on any atom is 0.254 e. The Kier molecular flexibility index (Phi) is 6.84. The first-order chi connectivity index (χ1) is 15.6. The molecule has 0 bridgehead atoms. The maximum atomic E-state index is 13.2. The zero-order valence-corrected chi connectivity index (χ0v) is 18.0. The van der Waals surface area contributed by atoms with Gasteiger partial charge in [-0.15, -0.1) is 0 Å². The second-order valence-corrected chi connectivity index (χ2v) is 7.50. The summed E-state index contributed by atoms with van der Waals surface area (Å²) in [6, 6.07) is 15.6. The number of aromatic nitrogens is 1. The van der Waals surface area contributed by atoms with Crippen LogP contribution in [0.5, 0.6) is 11.5 Å². The van der Waals surface area contributed by atoms with E-state index in [1.165, 1.54) is 12.1 Å². The Hall–Kier alpha value is -3.61. The standard InChI is InChI=1S/C25H26FN3O3/c1-2-31-24-16-20(5-10-23(24)32-18-19-4-3-11-27-17-19)25(30)29-14-12-28(13-15-29)22-8-6-21(26)7-9-22/h3-11,16-17H,2,12-15,18H2,1H3. The number of carbonyl (C=O) groups is 1. The van der Waals surface area contributed by atoms with Crippen molar-refractivity contribution in [2.24, 2.45) is 0 Å². The van der Waals surface area contributed by atoms with Crippen molar-refractivity contribution in [1.29, 1.82) is 0 Å². The molecule has 166 valence electrons. The molecule has 0 saturated carbocycles. The van der Waals surface area contributed by atoms with E-state index in [-0.39, 0.29) is 11.7 Å². The monoisotopic (exact) mass is 435 g/mol. The molecule has 3 aromatic rings. The Morgan fingerprint density at radius 3 is 2.47 bits per heavy atom. The molecule has 1 saturated heterocycles. The fourth-order valence-electron chi connectivity index (χ4n) is 3.68. The highest BCUT2D eigenvalue weighted by molar-refractivity contribution is 5.95. The molecule has 1 aliphatic rings. The number of halogens is 1. The summed E-state index contributed by atoms with van der Waals surface area (Å²) in [6.07, 6.45) is 3.47. The van der Waals surface area contributed by atoms with Gasteiger partial charge < -0.3 is 19.3 Å². The molecule has 7 heteroatoms. The minimum absolute atomic E-state index is 0.0384. The van der Waals surface area contributed by atoms with Crippen LogP contribution in [0.15, 0.2) is 67.0 Å². The van der Waals surface area contributed by atoms with Crippen LogP contribution in [0.3, 0.4) is 0 Å². The Morgan fingerprint density at radius 2 is 1.78 bits per heavy atom. The van der Waals surface area contributed by atoms with Gasteiger partial charge in [0.2, 0.25) is 0 Å². The fraction of sp³-hybridized carbons (Fsp3) is 0.280. The van der Waals surface area contributed by atoms with E-state index in [9.17, 15) is 9.18 Å². The van der Waals surface area contributed by atoms with Crippen LogP contribution in [0.4, 0.5) is 10.1 Å². The van der Waals surface area contributed by atoms with Gasteiger partial charge in [-0.2, -0.15) is 0 Å². The van der Waals surface area contributed by atoms with Gasteiger partial charge in [0.1, 0.15) is 12.4 Å². The first kappa shape index (κ1) is 21.6. The molecule has 1 aromatic heterocycles. The average molecular weight is 435 g/mol. The Morgan fingerprint density at radius 1 is 1.00 bits per heavy atom. The number of rotatable bonds is 7. The molecule has 2 heterocycles. The van der Waals surface area contributed by atoms with Gasteiger partial charge in [0.15, 0.2) is 11.5 Å². The smallest absolute Gasteiger partial charge is 0.254 e. The van der Waals surface area contributed by atoms with Crippen LogP contribution in [0.25, 0.3) is 0 Å². The summed E-state index contributed by atoms with van der Waals surface area (Å²) < 4.78 is 24.8. The lowest BCUT2D eigenvalue weighted by molar-refractivity contribution is 0.0746. The van der Waals surface area contributed by atoms with Crippen LogP contribution in [0.2, 0.25) is 0 Å². The van der Waals surface area contributed by atoms with Crippen molar-refractivity contribution in [3.8, 4) is 11.5 Å². The molecule has 6 nitrogen and oxygen atoms in total. The predicted molar refractivity (Wildman–Crippen MR) is 121 cm³/mol. The van der Waals surface area contributed by atoms with Gasteiger partial charge in [0, 0.05) is 55.4 Å². The third-order valence-corrected chi connectivity index (χ3v) is 5.37. The molecule has 0 radical (unpaired) electrons. The quantitative estimate of drug-likeness (QED) is 0.558. The third-order valence-electron chi connectivity index (χ3n) is 5.37. The minimum atomic E-state index is -0.250. The van der Waals surface area contributed by atoms with Gasteiger partial charge >= 0.3 is 0 Å². The number of benzene rings is 2. The number of piperazine rings is 1. The van der Waals surface area contributed by atoms with Crippen LogP contribution in [0, 0.1) is 5.82 Å². The van der Waals surface area contributed by atoms with E-state index in [2.05, 4.69) is 9.88 Å². The SMILES string of the molecule is CCOc1cc(C(=O)N2CCN(c3ccc(F)cc3)CC2)ccc1OCc1cccnc1. The number of anilines is 1. The first-order valence-electron chi connectivity index (χ1n) is 10.7. The van der Waals surface area contributed by atoms with Crippen molar-refractivity contribution < 1.29 is 18.7 Å². The Labute approximate surface area is 187 Å². The topological polar surface area (TPSA) is 54.9 Å². The Bertz CT molecular complexity index is 1040. The number of nitrogens with zero attached hydrogens (tertiary/aromatic N) is 3. The molecule has 1 fully saturated rings. The number of hydrogen-bond donors (Lipinski definition) is 0. The van der Waals surface area contributed by atoms with E-state index < -0.39 is 0 Å². The highest BCUT2D eigenvalue weighted by Crippen LogP contribution is 2.30. The normalized spacial score (nSPS) is 13.7. The summed E-state index contributed by atoms with van der Waals surface area (Å²) in [5.74, 6) is 0.851. The zero-order chi connectivity index (χ0) is 22.3. The summed E-state index contributed by atoms with van der Waals surface area (Å²) in [7, 11) is 0. The summed E-state index contributed by atoms with van der Waals surface area (Å²) in [4.78, 5) is 21.2. The largest absolute Gasteiger partial charge is 0.490 e. The molecular formula is C25H26FN3O3. The third kappa shape index (κ3) is 5.17. The van der Waals surface area contributed by atoms with Gasteiger partial charge in [-0.1, -0.05) is 6.07 Å². The predicted octanol–water partition coefficient (Wildman–Crippen LogP) is 4.16. The summed E-state index contributed by atoms with van der Waals surface area (Å²) in [5, 5.41) is 0. The summed E-state index contributed by atoms with van der Waals surface area (Å²) >= 11 is 0. The second-order valence-electron chi connectivity index (χ2n) is 7.50. The van der Waals surface area contributed by atoms with E-state index in [1.54, 1.807) is 42.7 Å². The van der Waals surface area contributed by atoms with Gasteiger partial charge in [-0.25, -0.2) is 4.39 Å².